The zero-order valence-corrected chi connectivity index (χ0v) is 15.0. The molecule has 0 bridgehead atoms. The van der Waals surface area contributed by atoms with Crippen molar-refractivity contribution in [3.05, 3.63) is 23.0 Å². The van der Waals surface area contributed by atoms with E-state index in [4.69, 9.17) is 16.3 Å². The van der Waals surface area contributed by atoms with Crippen molar-refractivity contribution in [1.29, 1.82) is 0 Å². The molecule has 132 valence electrons. The molecule has 1 fully saturated rings. The van der Waals surface area contributed by atoms with Gasteiger partial charge >= 0.3 is 5.97 Å². The smallest absolute Gasteiger partial charge is 0.308 e. The van der Waals surface area contributed by atoms with Gasteiger partial charge in [-0.25, -0.2) is 4.98 Å². The molecule has 0 aromatic carbocycles. The van der Waals surface area contributed by atoms with Crippen LogP contribution >= 0.6 is 11.6 Å². The summed E-state index contributed by atoms with van der Waals surface area (Å²) >= 11 is 5.93. The molecule has 0 saturated heterocycles. The van der Waals surface area contributed by atoms with Gasteiger partial charge in [-0.15, -0.1) is 0 Å². The highest BCUT2D eigenvalue weighted by molar-refractivity contribution is 6.29. The molecule has 7 heteroatoms. The third-order valence-corrected chi connectivity index (χ3v) is 4.36. The number of rotatable bonds is 5. The Morgan fingerprint density at radius 1 is 1.29 bits per heavy atom. The van der Waals surface area contributed by atoms with Crippen LogP contribution in [0.5, 0.6) is 0 Å². The number of aromatic nitrogens is 1. The van der Waals surface area contributed by atoms with Crippen molar-refractivity contribution >= 4 is 29.2 Å². The normalized spacial score (nSPS) is 20.5. The summed E-state index contributed by atoms with van der Waals surface area (Å²) in [7, 11) is 1.41. The topological polar surface area (TPSA) is 80.3 Å². The first-order valence-corrected chi connectivity index (χ1v) is 8.59. The zero-order valence-electron chi connectivity index (χ0n) is 14.3. The average molecular weight is 354 g/mol. The lowest BCUT2D eigenvalue weighted by atomic mass is 9.86. The number of pyridine rings is 1. The fraction of sp³-hybridized carbons (Fsp3) is 0.588. The van der Waals surface area contributed by atoms with Crippen LogP contribution in [-0.4, -0.2) is 36.1 Å². The van der Waals surface area contributed by atoms with Crippen molar-refractivity contribution in [1.82, 2.24) is 10.3 Å². The van der Waals surface area contributed by atoms with Crippen LogP contribution in [0.1, 0.15) is 49.9 Å². The maximum absolute atomic E-state index is 12.6. The Morgan fingerprint density at radius 2 is 1.96 bits per heavy atom. The third kappa shape index (κ3) is 4.84. The van der Waals surface area contributed by atoms with Crippen molar-refractivity contribution in [2.75, 3.05) is 12.4 Å². The quantitative estimate of drug-likeness (QED) is 0.628. The second-order valence-corrected chi connectivity index (χ2v) is 6.78. The van der Waals surface area contributed by atoms with Gasteiger partial charge in [0.25, 0.3) is 5.91 Å². The van der Waals surface area contributed by atoms with Gasteiger partial charge in [-0.05, 0) is 45.6 Å². The van der Waals surface area contributed by atoms with Crippen molar-refractivity contribution in [3.63, 3.8) is 0 Å². The number of methoxy groups -OCH3 is 1. The predicted molar refractivity (Wildman–Crippen MR) is 93.2 cm³/mol. The summed E-state index contributed by atoms with van der Waals surface area (Å²) < 4.78 is 4.78. The van der Waals surface area contributed by atoms with Gasteiger partial charge in [0, 0.05) is 18.3 Å². The van der Waals surface area contributed by atoms with E-state index in [0.29, 0.717) is 16.4 Å². The number of anilines is 1. The van der Waals surface area contributed by atoms with E-state index in [0.717, 1.165) is 25.7 Å². The summed E-state index contributed by atoms with van der Waals surface area (Å²) in [5.74, 6) is -0.396. The molecule has 2 rings (SSSR count). The van der Waals surface area contributed by atoms with E-state index in [9.17, 15) is 9.59 Å². The highest BCUT2D eigenvalue weighted by atomic mass is 35.5. The number of nitrogens with zero attached hydrogens (tertiary/aromatic N) is 1. The van der Waals surface area contributed by atoms with Gasteiger partial charge in [0.15, 0.2) is 0 Å². The van der Waals surface area contributed by atoms with E-state index in [1.54, 1.807) is 6.07 Å². The van der Waals surface area contributed by atoms with Gasteiger partial charge < -0.3 is 15.4 Å². The molecular formula is C17H24ClN3O3. The van der Waals surface area contributed by atoms with Gasteiger partial charge in [-0.1, -0.05) is 11.6 Å². The van der Waals surface area contributed by atoms with Crippen LogP contribution in [0.15, 0.2) is 12.3 Å². The molecule has 0 aliphatic heterocycles. The third-order valence-electron chi connectivity index (χ3n) is 4.16. The first kappa shape index (κ1) is 18.5. The van der Waals surface area contributed by atoms with Crippen LogP contribution in [0, 0.1) is 5.92 Å². The van der Waals surface area contributed by atoms with E-state index in [2.05, 4.69) is 15.6 Å². The van der Waals surface area contributed by atoms with Gasteiger partial charge in [0.05, 0.1) is 24.3 Å². The molecule has 0 atom stereocenters. The molecule has 6 nitrogen and oxygen atoms in total. The predicted octanol–water partition coefficient (Wildman–Crippen LogP) is 3.02. The molecule has 1 saturated carbocycles. The molecule has 24 heavy (non-hydrogen) atoms. The van der Waals surface area contributed by atoms with Crippen LogP contribution in [0.25, 0.3) is 0 Å². The van der Waals surface area contributed by atoms with Crippen molar-refractivity contribution in [3.8, 4) is 0 Å². The molecule has 0 spiro atoms. The molecule has 0 radical (unpaired) electrons. The van der Waals surface area contributed by atoms with Crippen molar-refractivity contribution in [2.24, 2.45) is 5.92 Å². The monoisotopic (exact) mass is 353 g/mol. The number of nitrogens with one attached hydrogen (secondary N) is 2. The van der Waals surface area contributed by atoms with Crippen molar-refractivity contribution in [2.45, 2.75) is 51.6 Å². The Morgan fingerprint density at radius 3 is 2.54 bits per heavy atom. The number of carbonyl (C=O) groups is 2. The average Bonchev–Trinajstić information content (AvgIpc) is 2.54. The van der Waals surface area contributed by atoms with Crippen LogP contribution in [0.4, 0.5) is 5.69 Å². The number of halogens is 1. The molecular weight excluding hydrogens is 330 g/mol. The van der Waals surface area contributed by atoms with Crippen LogP contribution in [0.2, 0.25) is 5.15 Å². The van der Waals surface area contributed by atoms with Crippen LogP contribution < -0.4 is 10.6 Å². The first-order chi connectivity index (χ1) is 11.4. The molecule has 2 N–H and O–H groups in total. The number of ether oxygens (including phenoxy) is 1. The molecule has 0 unspecified atom stereocenters. The fourth-order valence-corrected chi connectivity index (χ4v) is 3.10. The molecule has 1 heterocycles. The second-order valence-electron chi connectivity index (χ2n) is 6.40. The second kappa shape index (κ2) is 8.33. The lowest BCUT2D eigenvalue weighted by Crippen LogP contribution is -2.39. The summed E-state index contributed by atoms with van der Waals surface area (Å²) in [6, 6.07) is 1.89. The largest absolute Gasteiger partial charge is 0.469 e. The van der Waals surface area contributed by atoms with Crippen LogP contribution in [0.3, 0.4) is 0 Å². The molecule has 1 aromatic rings. The Balaban J connectivity index is 1.99. The van der Waals surface area contributed by atoms with Gasteiger partial charge in [0.1, 0.15) is 5.15 Å². The Bertz CT molecular complexity index is 599. The Hall–Kier alpha value is -1.82. The van der Waals surface area contributed by atoms with Gasteiger partial charge in [0.2, 0.25) is 0 Å². The summed E-state index contributed by atoms with van der Waals surface area (Å²) in [5.41, 5.74) is 1.15. The maximum Gasteiger partial charge on any atom is 0.308 e. The SMILES string of the molecule is COC(=O)[C@H]1CC[C@H](NC(=O)c2cnc(Cl)cc2NC(C)C)CC1. The Labute approximate surface area is 147 Å². The molecule has 1 aromatic heterocycles. The number of amides is 1. The molecule has 1 aliphatic carbocycles. The lowest BCUT2D eigenvalue weighted by Gasteiger charge is -2.27. The standard InChI is InChI=1S/C17H24ClN3O3/c1-10(2)20-14-8-15(18)19-9-13(14)16(22)21-12-6-4-11(5-7-12)17(23)24-3/h8-12H,4-7H2,1-3H3,(H,19,20)(H,21,22)/t11-,12-. The summed E-state index contributed by atoms with van der Waals surface area (Å²) in [5, 5.41) is 6.59. The van der Waals surface area contributed by atoms with E-state index in [1.165, 1.54) is 13.3 Å². The summed E-state index contributed by atoms with van der Waals surface area (Å²) in [6.07, 6.45) is 4.47. The van der Waals surface area contributed by atoms with E-state index < -0.39 is 0 Å². The minimum Gasteiger partial charge on any atom is -0.469 e. The summed E-state index contributed by atoms with van der Waals surface area (Å²) in [6.45, 7) is 3.98. The fourth-order valence-electron chi connectivity index (χ4n) is 2.94. The Kier molecular flexibility index (Phi) is 6.43. The van der Waals surface area contributed by atoms with E-state index in [-0.39, 0.29) is 29.9 Å². The van der Waals surface area contributed by atoms with Crippen LogP contribution in [-0.2, 0) is 9.53 Å². The number of carbonyl (C=O) groups excluding carboxylic acids is 2. The number of hydrogen-bond acceptors (Lipinski definition) is 5. The summed E-state index contributed by atoms with van der Waals surface area (Å²) in [4.78, 5) is 28.1. The number of hydrogen-bond donors (Lipinski definition) is 2. The van der Waals surface area contributed by atoms with E-state index in [1.807, 2.05) is 13.8 Å². The van der Waals surface area contributed by atoms with E-state index >= 15 is 0 Å². The highest BCUT2D eigenvalue weighted by Gasteiger charge is 2.28. The highest BCUT2D eigenvalue weighted by Crippen LogP contribution is 2.26. The minimum atomic E-state index is -0.177. The lowest BCUT2D eigenvalue weighted by molar-refractivity contribution is -0.146. The van der Waals surface area contributed by atoms with Gasteiger partial charge in [-0.3, -0.25) is 9.59 Å². The van der Waals surface area contributed by atoms with Crippen molar-refractivity contribution < 1.29 is 14.3 Å². The molecule has 1 aliphatic rings. The van der Waals surface area contributed by atoms with Gasteiger partial charge in [-0.2, -0.15) is 0 Å². The number of esters is 1. The zero-order chi connectivity index (χ0) is 17.7. The maximum atomic E-state index is 12.6. The molecule has 1 amide bonds. The minimum absolute atomic E-state index is 0.0565. The first-order valence-electron chi connectivity index (χ1n) is 8.21.